The molecule has 1 atom stereocenters. The molecular weight excluding hydrogens is 280 g/mol. The minimum Gasteiger partial charge on any atom is -0.381 e. The third-order valence-electron chi connectivity index (χ3n) is 3.67. The van der Waals surface area contributed by atoms with Gasteiger partial charge in [-0.25, -0.2) is 0 Å². The molecule has 1 fully saturated rings. The fraction of sp³-hybridized carbons (Fsp3) is 0.588. The van der Waals surface area contributed by atoms with Crippen LogP contribution < -0.4 is 10.6 Å². The predicted molar refractivity (Wildman–Crippen MR) is 92.0 cm³/mol. The fourth-order valence-electron chi connectivity index (χ4n) is 2.75. The number of likely N-dealkylation sites (N-methyl/N-ethyl adjacent to an activating group) is 1. The van der Waals surface area contributed by atoms with Crippen LogP contribution in [-0.4, -0.2) is 30.0 Å². The SMILES string of the molecule is CCNC(=O)Cc1ccc(NC2CSCC(C)(C)C2)cc1. The summed E-state index contributed by atoms with van der Waals surface area (Å²) in [6, 6.07) is 8.78. The van der Waals surface area contributed by atoms with Crippen LogP contribution in [0.4, 0.5) is 5.69 Å². The third kappa shape index (κ3) is 5.27. The van der Waals surface area contributed by atoms with Crippen LogP contribution in [0.5, 0.6) is 0 Å². The molecule has 0 aliphatic carbocycles. The van der Waals surface area contributed by atoms with Crippen molar-refractivity contribution in [3.05, 3.63) is 29.8 Å². The largest absolute Gasteiger partial charge is 0.381 e. The van der Waals surface area contributed by atoms with Gasteiger partial charge in [-0.3, -0.25) is 4.79 Å². The first-order chi connectivity index (χ1) is 9.98. The van der Waals surface area contributed by atoms with Crippen LogP contribution in [0.15, 0.2) is 24.3 Å². The van der Waals surface area contributed by atoms with Crippen LogP contribution in [0, 0.1) is 5.41 Å². The zero-order valence-electron chi connectivity index (χ0n) is 13.2. The number of carbonyl (C=O) groups excluding carboxylic acids is 1. The van der Waals surface area contributed by atoms with Gasteiger partial charge < -0.3 is 10.6 Å². The number of benzene rings is 1. The van der Waals surface area contributed by atoms with Gasteiger partial charge in [-0.1, -0.05) is 26.0 Å². The number of hydrogen-bond donors (Lipinski definition) is 2. The van der Waals surface area contributed by atoms with Crippen LogP contribution in [-0.2, 0) is 11.2 Å². The number of amides is 1. The van der Waals surface area contributed by atoms with Crippen molar-refractivity contribution in [2.24, 2.45) is 5.41 Å². The Hall–Kier alpha value is -1.16. The second-order valence-corrected chi connectivity index (χ2v) is 7.58. The van der Waals surface area contributed by atoms with E-state index >= 15 is 0 Å². The van der Waals surface area contributed by atoms with Gasteiger partial charge in [0, 0.05) is 24.0 Å². The number of carbonyl (C=O) groups is 1. The number of hydrogen-bond acceptors (Lipinski definition) is 3. The Morgan fingerprint density at radius 3 is 2.67 bits per heavy atom. The average Bonchev–Trinajstić information content (AvgIpc) is 2.40. The van der Waals surface area contributed by atoms with Crippen molar-refractivity contribution in [3.8, 4) is 0 Å². The zero-order chi connectivity index (χ0) is 15.3. The first-order valence-corrected chi connectivity index (χ1v) is 8.84. The Morgan fingerprint density at radius 2 is 2.05 bits per heavy atom. The van der Waals surface area contributed by atoms with Crippen molar-refractivity contribution in [3.63, 3.8) is 0 Å². The first-order valence-electron chi connectivity index (χ1n) is 7.68. The van der Waals surface area contributed by atoms with E-state index < -0.39 is 0 Å². The highest BCUT2D eigenvalue weighted by Gasteiger charge is 2.28. The molecular formula is C17H26N2OS. The maximum absolute atomic E-state index is 11.6. The molecule has 116 valence electrons. The molecule has 0 radical (unpaired) electrons. The molecule has 0 saturated carbocycles. The van der Waals surface area contributed by atoms with E-state index in [4.69, 9.17) is 0 Å². The lowest BCUT2D eigenvalue weighted by atomic mass is 9.88. The Kier molecular flexibility index (Phi) is 5.57. The van der Waals surface area contributed by atoms with Gasteiger partial charge in [0.1, 0.15) is 0 Å². The van der Waals surface area contributed by atoms with E-state index in [9.17, 15) is 4.79 Å². The minimum absolute atomic E-state index is 0.0867. The highest BCUT2D eigenvalue weighted by Crippen LogP contribution is 2.34. The summed E-state index contributed by atoms with van der Waals surface area (Å²) in [5, 5.41) is 6.45. The van der Waals surface area contributed by atoms with Gasteiger partial charge >= 0.3 is 0 Å². The molecule has 1 aliphatic rings. The molecule has 3 nitrogen and oxygen atoms in total. The lowest BCUT2D eigenvalue weighted by molar-refractivity contribution is -0.120. The molecule has 1 aromatic carbocycles. The summed E-state index contributed by atoms with van der Waals surface area (Å²) in [5.74, 6) is 2.50. The van der Waals surface area contributed by atoms with E-state index in [1.54, 1.807) is 0 Å². The Morgan fingerprint density at radius 1 is 1.33 bits per heavy atom. The second-order valence-electron chi connectivity index (χ2n) is 6.55. The lowest BCUT2D eigenvalue weighted by Gasteiger charge is -2.35. The zero-order valence-corrected chi connectivity index (χ0v) is 14.1. The Labute approximate surface area is 132 Å². The molecule has 1 saturated heterocycles. The van der Waals surface area contributed by atoms with Crippen LogP contribution in [0.2, 0.25) is 0 Å². The van der Waals surface area contributed by atoms with E-state index in [0.29, 0.717) is 24.4 Å². The minimum atomic E-state index is 0.0867. The molecule has 1 amide bonds. The van der Waals surface area contributed by atoms with Gasteiger partial charge in [-0.2, -0.15) is 11.8 Å². The second kappa shape index (κ2) is 7.21. The summed E-state index contributed by atoms with van der Waals surface area (Å²) in [6.07, 6.45) is 1.67. The number of thioether (sulfide) groups is 1. The summed E-state index contributed by atoms with van der Waals surface area (Å²) < 4.78 is 0. The van der Waals surface area contributed by atoms with Crippen LogP contribution in [0.3, 0.4) is 0 Å². The molecule has 0 spiro atoms. The lowest BCUT2D eigenvalue weighted by Crippen LogP contribution is -2.35. The molecule has 21 heavy (non-hydrogen) atoms. The van der Waals surface area contributed by atoms with Crippen LogP contribution in [0.25, 0.3) is 0 Å². The van der Waals surface area contributed by atoms with E-state index in [1.807, 2.05) is 30.8 Å². The van der Waals surface area contributed by atoms with Crippen molar-refractivity contribution in [1.29, 1.82) is 0 Å². The molecule has 1 heterocycles. The van der Waals surface area contributed by atoms with Crippen molar-refractivity contribution >= 4 is 23.4 Å². The fourth-order valence-corrected chi connectivity index (χ4v) is 4.03. The van der Waals surface area contributed by atoms with Gasteiger partial charge in [0.2, 0.25) is 5.91 Å². The van der Waals surface area contributed by atoms with Crippen molar-refractivity contribution in [1.82, 2.24) is 5.32 Å². The average molecular weight is 306 g/mol. The Bertz CT molecular complexity index is 470. The molecule has 0 bridgehead atoms. The van der Waals surface area contributed by atoms with Crippen molar-refractivity contribution < 1.29 is 4.79 Å². The van der Waals surface area contributed by atoms with Crippen molar-refractivity contribution in [2.75, 3.05) is 23.4 Å². The monoisotopic (exact) mass is 306 g/mol. The van der Waals surface area contributed by atoms with Gasteiger partial charge in [0.25, 0.3) is 0 Å². The predicted octanol–water partition coefficient (Wildman–Crippen LogP) is 3.31. The summed E-state index contributed by atoms with van der Waals surface area (Å²) in [4.78, 5) is 11.6. The normalized spacial score (nSPS) is 20.8. The summed E-state index contributed by atoms with van der Waals surface area (Å²) >= 11 is 2.03. The van der Waals surface area contributed by atoms with E-state index in [2.05, 4.69) is 36.6 Å². The quantitative estimate of drug-likeness (QED) is 0.877. The number of nitrogens with one attached hydrogen (secondary N) is 2. The summed E-state index contributed by atoms with van der Waals surface area (Å²) in [6.45, 7) is 7.30. The molecule has 2 rings (SSSR count). The molecule has 0 aromatic heterocycles. The third-order valence-corrected chi connectivity index (χ3v) is 5.30. The van der Waals surface area contributed by atoms with E-state index in [0.717, 1.165) is 11.3 Å². The first kappa shape index (κ1) is 16.2. The maximum Gasteiger partial charge on any atom is 0.224 e. The van der Waals surface area contributed by atoms with Gasteiger partial charge in [-0.15, -0.1) is 0 Å². The molecule has 1 aliphatic heterocycles. The molecule has 2 N–H and O–H groups in total. The van der Waals surface area contributed by atoms with Crippen molar-refractivity contribution in [2.45, 2.75) is 39.7 Å². The standard InChI is InChI=1S/C17H26N2OS/c1-4-18-16(20)9-13-5-7-14(8-6-13)19-15-10-17(2,3)12-21-11-15/h5-8,15,19H,4,9-12H2,1-3H3,(H,18,20). The van der Waals surface area contributed by atoms with Gasteiger partial charge in [-0.05, 0) is 42.2 Å². The maximum atomic E-state index is 11.6. The van der Waals surface area contributed by atoms with Gasteiger partial charge in [0.15, 0.2) is 0 Å². The van der Waals surface area contributed by atoms with Crippen LogP contribution >= 0.6 is 11.8 Å². The molecule has 1 aromatic rings. The van der Waals surface area contributed by atoms with E-state index in [-0.39, 0.29) is 5.91 Å². The smallest absolute Gasteiger partial charge is 0.224 e. The molecule has 1 unspecified atom stereocenters. The number of anilines is 1. The van der Waals surface area contributed by atoms with E-state index in [1.165, 1.54) is 17.9 Å². The topological polar surface area (TPSA) is 41.1 Å². The van der Waals surface area contributed by atoms with Gasteiger partial charge in [0.05, 0.1) is 6.42 Å². The van der Waals surface area contributed by atoms with Crippen LogP contribution in [0.1, 0.15) is 32.8 Å². The summed E-state index contributed by atoms with van der Waals surface area (Å²) in [7, 11) is 0. The highest BCUT2D eigenvalue weighted by molar-refractivity contribution is 7.99. The highest BCUT2D eigenvalue weighted by atomic mass is 32.2. The summed E-state index contributed by atoms with van der Waals surface area (Å²) in [5.41, 5.74) is 2.63. The number of rotatable bonds is 5. The Balaban J connectivity index is 1.89. The molecule has 4 heteroatoms.